The van der Waals surface area contributed by atoms with Gasteiger partial charge in [0.25, 0.3) is 5.91 Å². The van der Waals surface area contributed by atoms with Crippen molar-refractivity contribution < 1.29 is 9.90 Å². The lowest BCUT2D eigenvalue weighted by Gasteiger charge is -2.08. The van der Waals surface area contributed by atoms with Gasteiger partial charge in [0.05, 0.1) is 18.1 Å². The van der Waals surface area contributed by atoms with Crippen LogP contribution < -0.4 is 5.32 Å². The third-order valence-electron chi connectivity index (χ3n) is 4.18. The van der Waals surface area contributed by atoms with Gasteiger partial charge in [-0.3, -0.25) is 9.79 Å². The molecule has 0 aliphatic heterocycles. The molecule has 3 rings (SSSR count). The molecule has 6 nitrogen and oxygen atoms in total. The minimum atomic E-state index is -0.0442. The van der Waals surface area contributed by atoms with Gasteiger partial charge < -0.3 is 10.4 Å². The summed E-state index contributed by atoms with van der Waals surface area (Å²) >= 11 is 0. The van der Waals surface area contributed by atoms with E-state index in [0.29, 0.717) is 17.3 Å². The Morgan fingerprint density at radius 2 is 2.23 bits per heavy atom. The molecule has 2 N–H and O–H groups in total. The first-order valence-corrected chi connectivity index (χ1v) is 8.46. The SMILES string of the molecule is C=C(/C=C(/O)C=NC)n1cc(-c2cc(C(=O)NC3CC3)ccc2C)cn1. The monoisotopic (exact) mass is 350 g/mol. The Morgan fingerprint density at radius 1 is 1.46 bits per heavy atom. The van der Waals surface area contributed by atoms with Gasteiger partial charge in [-0.05, 0) is 43.0 Å². The Hall–Kier alpha value is -3.15. The van der Waals surface area contributed by atoms with E-state index in [2.05, 4.69) is 22.0 Å². The van der Waals surface area contributed by atoms with Crippen molar-refractivity contribution in [1.82, 2.24) is 15.1 Å². The summed E-state index contributed by atoms with van der Waals surface area (Å²) in [4.78, 5) is 16.0. The predicted molar refractivity (Wildman–Crippen MR) is 103 cm³/mol. The predicted octanol–water partition coefficient (Wildman–Crippen LogP) is 3.36. The number of allylic oxidation sites excluding steroid dienone is 3. The normalized spacial score (nSPS) is 14.6. The first-order valence-electron chi connectivity index (χ1n) is 8.46. The molecule has 6 heteroatoms. The summed E-state index contributed by atoms with van der Waals surface area (Å²) < 4.78 is 1.57. The quantitative estimate of drug-likeness (QED) is 0.476. The summed E-state index contributed by atoms with van der Waals surface area (Å²) in [6.45, 7) is 5.89. The molecule has 0 saturated heterocycles. The Bertz CT molecular complexity index is 904. The van der Waals surface area contributed by atoms with E-state index < -0.39 is 0 Å². The van der Waals surface area contributed by atoms with E-state index in [1.54, 1.807) is 17.9 Å². The lowest BCUT2D eigenvalue weighted by atomic mass is 10.0. The van der Waals surface area contributed by atoms with Crippen LogP contribution in [0.1, 0.15) is 28.8 Å². The Kier molecular flexibility index (Phi) is 5.02. The molecule has 1 amide bonds. The standard InChI is InChI=1S/C20H22N4O2/c1-13-4-5-15(20(26)23-17-6-7-17)9-19(13)16-10-22-24(12-16)14(2)8-18(25)11-21-3/h4-5,8-12,17,25H,2,6-7H2,1,3H3,(H,23,26)/b18-8+,21-11?. The maximum absolute atomic E-state index is 12.3. The Balaban J connectivity index is 1.85. The molecular formula is C20H22N4O2. The van der Waals surface area contributed by atoms with Gasteiger partial charge in [0.1, 0.15) is 5.76 Å². The molecule has 1 aliphatic carbocycles. The average Bonchev–Trinajstić information content (AvgIpc) is 3.27. The van der Waals surface area contributed by atoms with Crippen LogP contribution in [0, 0.1) is 6.92 Å². The molecule has 1 aromatic carbocycles. The number of hydrogen-bond donors (Lipinski definition) is 2. The summed E-state index contributed by atoms with van der Waals surface area (Å²) in [5, 5.41) is 17.0. The van der Waals surface area contributed by atoms with Crippen molar-refractivity contribution in [2.24, 2.45) is 4.99 Å². The lowest BCUT2D eigenvalue weighted by Crippen LogP contribution is -2.25. The zero-order valence-electron chi connectivity index (χ0n) is 14.9. The molecule has 1 fully saturated rings. The fourth-order valence-electron chi connectivity index (χ4n) is 2.60. The van der Waals surface area contributed by atoms with Crippen LogP contribution in [0.15, 0.2) is 54.0 Å². The molecule has 1 aromatic heterocycles. The summed E-state index contributed by atoms with van der Waals surface area (Å²) in [5.41, 5.74) is 4.02. The van der Waals surface area contributed by atoms with E-state index in [0.717, 1.165) is 29.5 Å². The van der Waals surface area contributed by atoms with Crippen LogP contribution in [-0.4, -0.2) is 40.1 Å². The second-order valence-electron chi connectivity index (χ2n) is 6.40. The molecule has 2 aromatic rings. The number of nitrogens with zero attached hydrogens (tertiary/aromatic N) is 3. The Labute approximate surface area is 152 Å². The number of hydrogen-bond acceptors (Lipinski definition) is 4. The largest absolute Gasteiger partial charge is 0.506 e. The fourth-order valence-corrected chi connectivity index (χ4v) is 2.60. The van der Waals surface area contributed by atoms with Crippen molar-refractivity contribution in [3.8, 4) is 11.1 Å². The number of benzene rings is 1. The number of aliphatic hydroxyl groups is 1. The molecule has 1 heterocycles. The number of carbonyl (C=O) groups is 1. The summed E-state index contributed by atoms with van der Waals surface area (Å²) in [6.07, 6.45) is 8.47. The molecule has 0 spiro atoms. The zero-order chi connectivity index (χ0) is 18.7. The highest BCUT2D eigenvalue weighted by Crippen LogP contribution is 2.26. The second kappa shape index (κ2) is 7.39. The van der Waals surface area contributed by atoms with Gasteiger partial charge in [-0.1, -0.05) is 12.6 Å². The van der Waals surface area contributed by atoms with Crippen molar-refractivity contribution in [2.75, 3.05) is 7.05 Å². The highest BCUT2D eigenvalue weighted by Gasteiger charge is 2.24. The van der Waals surface area contributed by atoms with Crippen molar-refractivity contribution in [1.29, 1.82) is 0 Å². The minimum Gasteiger partial charge on any atom is -0.506 e. The van der Waals surface area contributed by atoms with Crippen LogP contribution in [-0.2, 0) is 0 Å². The molecule has 26 heavy (non-hydrogen) atoms. The zero-order valence-corrected chi connectivity index (χ0v) is 14.9. The smallest absolute Gasteiger partial charge is 0.251 e. The van der Waals surface area contributed by atoms with Crippen molar-refractivity contribution >= 4 is 17.8 Å². The van der Waals surface area contributed by atoms with Gasteiger partial charge in [-0.25, -0.2) is 4.68 Å². The number of aromatic nitrogens is 2. The third kappa shape index (κ3) is 4.08. The molecular weight excluding hydrogens is 328 g/mol. The van der Waals surface area contributed by atoms with Crippen LogP contribution >= 0.6 is 0 Å². The lowest BCUT2D eigenvalue weighted by molar-refractivity contribution is 0.0951. The molecule has 0 radical (unpaired) electrons. The molecule has 0 atom stereocenters. The van der Waals surface area contributed by atoms with Crippen molar-refractivity contribution in [2.45, 2.75) is 25.8 Å². The van der Waals surface area contributed by atoms with E-state index in [4.69, 9.17) is 0 Å². The highest BCUT2D eigenvalue weighted by molar-refractivity contribution is 5.96. The maximum atomic E-state index is 12.3. The minimum absolute atomic E-state index is 0.00414. The van der Waals surface area contributed by atoms with E-state index in [-0.39, 0.29) is 11.7 Å². The van der Waals surface area contributed by atoms with Gasteiger partial charge in [0.2, 0.25) is 0 Å². The number of rotatable bonds is 6. The molecule has 0 bridgehead atoms. The van der Waals surface area contributed by atoms with E-state index in [1.807, 2.05) is 31.3 Å². The van der Waals surface area contributed by atoms with Crippen LogP contribution in [0.3, 0.4) is 0 Å². The summed E-state index contributed by atoms with van der Waals surface area (Å²) in [6, 6.07) is 5.98. The van der Waals surface area contributed by atoms with Crippen molar-refractivity contribution in [3.05, 3.63) is 60.1 Å². The van der Waals surface area contributed by atoms with Crippen LogP contribution in [0.4, 0.5) is 0 Å². The second-order valence-corrected chi connectivity index (χ2v) is 6.40. The summed E-state index contributed by atoms with van der Waals surface area (Å²) in [7, 11) is 1.58. The van der Waals surface area contributed by atoms with Gasteiger partial charge >= 0.3 is 0 Å². The van der Waals surface area contributed by atoms with Crippen LogP contribution in [0.5, 0.6) is 0 Å². The van der Waals surface area contributed by atoms with E-state index >= 15 is 0 Å². The van der Waals surface area contributed by atoms with Crippen LogP contribution in [0.2, 0.25) is 0 Å². The van der Waals surface area contributed by atoms with Gasteiger partial charge in [0.15, 0.2) is 0 Å². The summed E-state index contributed by atoms with van der Waals surface area (Å²) in [5.74, 6) is -0.0401. The Morgan fingerprint density at radius 3 is 2.92 bits per heavy atom. The first kappa shape index (κ1) is 17.7. The third-order valence-corrected chi connectivity index (χ3v) is 4.18. The number of nitrogens with one attached hydrogen (secondary N) is 1. The van der Waals surface area contributed by atoms with Crippen molar-refractivity contribution in [3.63, 3.8) is 0 Å². The number of aryl methyl sites for hydroxylation is 1. The van der Waals surface area contributed by atoms with Gasteiger partial charge in [-0.15, -0.1) is 0 Å². The number of amides is 1. The fraction of sp³-hybridized carbons (Fsp3) is 0.250. The number of aliphatic hydroxyl groups excluding tert-OH is 1. The molecule has 1 aliphatic rings. The van der Waals surface area contributed by atoms with E-state index in [9.17, 15) is 9.90 Å². The molecule has 0 unspecified atom stereocenters. The van der Waals surface area contributed by atoms with Gasteiger partial charge in [-0.2, -0.15) is 5.10 Å². The first-order chi connectivity index (χ1) is 12.5. The number of aliphatic imine (C=N–C) groups is 1. The highest BCUT2D eigenvalue weighted by atomic mass is 16.3. The van der Waals surface area contributed by atoms with E-state index in [1.165, 1.54) is 12.3 Å². The van der Waals surface area contributed by atoms with Gasteiger partial charge in [0, 0.05) is 36.5 Å². The molecule has 134 valence electrons. The van der Waals surface area contributed by atoms with Crippen LogP contribution in [0.25, 0.3) is 16.8 Å². The average molecular weight is 350 g/mol. The molecule has 1 saturated carbocycles. The number of carbonyl (C=O) groups excluding carboxylic acids is 1. The maximum Gasteiger partial charge on any atom is 0.251 e. The topological polar surface area (TPSA) is 79.5 Å².